The minimum Gasteiger partial charge on any atom is -0.370 e. The van der Waals surface area contributed by atoms with Gasteiger partial charge in [0, 0.05) is 31.4 Å². The molecule has 0 aliphatic carbocycles. The van der Waals surface area contributed by atoms with Crippen LogP contribution in [-0.4, -0.2) is 37.1 Å². The summed E-state index contributed by atoms with van der Waals surface area (Å²) in [6.45, 7) is 4.33. The Kier molecular flexibility index (Phi) is 3.21. The van der Waals surface area contributed by atoms with Crippen LogP contribution in [0.1, 0.15) is 12.8 Å². The Morgan fingerprint density at radius 2 is 1.89 bits per heavy atom. The molecule has 3 rings (SSSR count). The van der Waals surface area contributed by atoms with E-state index in [0.29, 0.717) is 6.04 Å². The maximum absolute atomic E-state index is 8.97. The Morgan fingerprint density at radius 3 is 2.61 bits per heavy atom. The molecule has 3 nitrogen and oxygen atoms in total. The molecule has 18 heavy (non-hydrogen) atoms. The molecule has 0 amide bonds. The fourth-order valence-electron chi connectivity index (χ4n) is 3.14. The molecule has 2 fully saturated rings. The lowest BCUT2D eigenvalue weighted by atomic mass is 10.1. The van der Waals surface area contributed by atoms with Gasteiger partial charge in [0.25, 0.3) is 0 Å². The number of hydrogen-bond donors (Lipinski definition) is 0. The lowest BCUT2D eigenvalue weighted by Crippen LogP contribution is -2.35. The molecule has 0 N–H and O–H groups in total. The monoisotopic (exact) mass is 241 g/mol. The van der Waals surface area contributed by atoms with Crippen LogP contribution in [0.2, 0.25) is 0 Å². The average molecular weight is 241 g/mol. The van der Waals surface area contributed by atoms with Gasteiger partial charge in [-0.3, -0.25) is 4.90 Å². The van der Waals surface area contributed by atoms with Crippen molar-refractivity contribution in [2.24, 2.45) is 5.92 Å². The summed E-state index contributed by atoms with van der Waals surface area (Å²) in [7, 11) is 0. The quantitative estimate of drug-likeness (QED) is 0.794. The van der Waals surface area contributed by atoms with Gasteiger partial charge in [-0.05, 0) is 31.5 Å². The molecule has 2 aliphatic rings. The summed E-state index contributed by atoms with van der Waals surface area (Å²) in [5.74, 6) is 0.260. The number of likely N-dealkylation sites (tertiary alicyclic amines) is 1. The third-order valence-corrected chi connectivity index (χ3v) is 4.20. The molecule has 2 atom stereocenters. The van der Waals surface area contributed by atoms with Crippen molar-refractivity contribution in [3.05, 3.63) is 30.3 Å². The molecule has 0 saturated carbocycles. The van der Waals surface area contributed by atoms with Gasteiger partial charge in [0.2, 0.25) is 0 Å². The Bertz CT molecular complexity index is 437. The zero-order valence-electron chi connectivity index (χ0n) is 10.6. The minimum absolute atomic E-state index is 0.260. The second-order valence-electron chi connectivity index (χ2n) is 5.33. The average Bonchev–Trinajstić information content (AvgIpc) is 3.08. The van der Waals surface area contributed by atoms with Gasteiger partial charge >= 0.3 is 0 Å². The van der Waals surface area contributed by atoms with Crippen LogP contribution in [0.25, 0.3) is 0 Å². The van der Waals surface area contributed by atoms with Crippen molar-refractivity contribution in [2.45, 2.75) is 18.9 Å². The van der Waals surface area contributed by atoms with E-state index < -0.39 is 0 Å². The summed E-state index contributed by atoms with van der Waals surface area (Å²) in [6, 6.07) is 13.7. The first-order valence-electron chi connectivity index (χ1n) is 6.80. The highest BCUT2D eigenvalue weighted by Crippen LogP contribution is 2.26. The third-order valence-electron chi connectivity index (χ3n) is 4.20. The first kappa shape index (κ1) is 11.6. The molecule has 2 unspecified atom stereocenters. The molecule has 94 valence electrons. The number of benzene rings is 1. The van der Waals surface area contributed by atoms with Gasteiger partial charge in [-0.15, -0.1) is 0 Å². The van der Waals surface area contributed by atoms with E-state index in [0.717, 1.165) is 32.6 Å². The van der Waals surface area contributed by atoms with Crippen molar-refractivity contribution in [3.8, 4) is 6.07 Å². The Morgan fingerprint density at radius 1 is 1.06 bits per heavy atom. The lowest BCUT2D eigenvalue weighted by Gasteiger charge is -2.24. The highest BCUT2D eigenvalue weighted by atomic mass is 15.3. The normalized spacial score (nSPS) is 28.5. The van der Waals surface area contributed by atoms with E-state index in [1.165, 1.54) is 12.1 Å². The van der Waals surface area contributed by atoms with Crippen molar-refractivity contribution < 1.29 is 0 Å². The zero-order valence-corrected chi connectivity index (χ0v) is 10.6. The van der Waals surface area contributed by atoms with Crippen molar-refractivity contribution in [2.75, 3.05) is 31.1 Å². The standard InChI is InChI=1S/C15H19N3/c16-10-13-6-8-17(11-13)15-7-9-18(12-15)14-4-2-1-3-5-14/h1-5,13,15H,6-9,11-12H2. The zero-order chi connectivity index (χ0) is 12.4. The largest absolute Gasteiger partial charge is 0.370 e. The van der Waals surface area contributed by atoms with Gasteiger partial charge in [-0.1, -0.05) is 18.2 Å². The number of nitriles is 1. The summed E-state index contributed by atoms with van der Waals surface area (Å²) in [4.78, 5) is 4.97. The van der Waals surface area contributed by atoms with Crippen LogP contribution in [0.3, 0.4) is 0 Å². The fraction of sp³-hybridized carbons (Fsp3) is 0.533. The number of rotatable bonds is 2. The van der Waals surface area contributed by atoms with E-state index in [9.17, 15) is 0 Å². The van der Waals surface area contributed by atoms with Gasteiger partial charge in [0.1, 0.15) is 0 Å². The van der Waals surface area contributed by atoms with Crippen molar-refractivity contribution in [1.29, 1.82) is 5.26 Å². The second kappa shape index (κ2) is 4.99. The van der Waals surface area contributed by atoms with Crippen molar-refractivity contribution >= 4 is 5.69 Å². The minimum atomic E-state index is 0.260. The predicted octanol–water partition coefficient (Wildman–Crippen LogP) is 2.11. The SMILES string of the molecule is N#CC1CCN(C2CCN(c3ccccc3)C2)C1. The molecule has 0 spiro atoms. The molecular formula is C15H19N3. The predicted molar refractivity (Wildman–Crippen MR) is 72.4 cm³/mol. The van der Waals surface area contributed by atoms with E-state index in [4.69, 9.17) is 5.26 Å². The molecule has 1 aromatic rings. The molecule has 0 radical (unpaired) electrons. The highest BCUT2D eigenvalue weighted by molar-refractivity contribution is 5.47. The van der Waals surface area contributed by atoms with Crippen LogP contribution >= 0.6 is 0 Å². The van der Waals surface area contributed by atoms with E-state index in [-0.39, 0.29) is 5.92 Å². The lowest BCUT2D eigenvalue weighted by molar-refractivity contribution is 0.255. The molecule has 0 bridgehead atoms. The molecule has 0 aromatic heterocycles. The van der Waals surface area contributed by atoms with Gasteiger partial charge in [-0.2, -0.15) is 5.26 Å². The number of para-hydroxylation sites is 1. The fourth-order valence-corrected chi connectivity index (χ4v) is 3.14. The van der Waals surface area contributed by atoms with Crippen molar-refractivity contribution in [1.82, 2.24) is 4.90 Å². The van der Waals surface area contributed by atoms with Crippen LogP contribution in [-0.2, 0) is 0 Å². The van der Waals surface area contributed by atoms with Crippen LogP contribution in [0.4, 0.5) is 5.69 Å². The maximum Gasteiger partial charge on any atom is 0.0669 e. The first-order valence-corrected chi connectivity index (χ1v) is 6.80. The molecular weight excluding hydrogens is 222 g/mol. The maximum atomic E-state index is 8.97. The number of anilines is 1. The van der Waals surface area contributed by atoms with Gasteiger partial charge in [0.05, 0.1) is 12.0 Å². The number of nitrogens with zero attached hydrogens (tertiary/aromatic N) is 3. The first-order chi connectivity index (χ1) is 8.86. The topological polar surface area (TPSA) is 30.3 Å². The number of hydrogen-bond acceptors (Lipinski definition) is 3. The summed E-state index contributed by atoms with van der Waals surface area (Å²) >= 11 is 0. The van der Waals surface area contributed by atoms with Gasteiger partial charge in [-0.25, -0.2) is 0 Å². The molecule has 2 saturated heterocycles. The summed E-state index contributed by atoms with van der Waals surface area (Å²) < 4.78 is 0. The highest BCUT2D eigenvalue weighted by Gasteiger charge is 2.32. The Hall–Kier alpha value is -1.53. The van der Waals surface area contributed by atoms with E-state index >= 15 is 0 Å². The van der Waals surface area contributed by atoms with Gasteiger partial charge < -0.3 is 4.90 Å². The Labute approximate surface area is 109 Å². The molecule has 3 heteroatoms. The third kappa shape index (κ3) is 2.21. The van der Waals surface area contributed by atoms with Crippen molar-refractivity contribution in [3.63, 3.8) is 0 Å². The summed E-state index contributed by atoms with van der Waals surface area (Å²) in [5.41, 5.74) is 1.33. The molecule has 1 aromatic carbocycles. The summed E-state index contributed by atoms with van der Waals surface area (Å²) in [5, 5.41) is 8.97. The van der Waals surface area contributed by atoms with Crippen LogP contribution < -0.4 is 4.90 Å². The van der Waals surface area contributed by atoms with Gasteiger partial charge in [0.15, 0.2) is 0 Å². The van der Waals surface area contributed by atoms with E-state index in [2.05, 4.69) is 46.2 Å². The summed E-state index contributed by atoms with van der Waals surface area (Å²) in [6.07, 6.45) is 2.28. The molecule has 2 heterocycles. The van der Waals surface area contributed by atoms with Crippen LogP contribution in [0.15, 0.2) is 30.3 Å². The smallest absolute Gasteiger partial charge is 0.0669 e. The van der Waals surface area contributed by atoms with Crippen LogP contribution in [0, 0.1) is 17.2 Å². The van der Waals surface area contributed by atoms with Crippen LogP contribution in [0.5, 0.6) is 0 Å². The van der Waals surface area contributed by atoms with E-state index in [1.54, 1.807) is 0 Å². The van der Waals surface area contributed by atoms with E-state index in [1.807, 2.05) is 0 Å². The second-order valence-corrected chi connectivity index (χ2v) is 5.33. The Balaban J connectivity index is 1.61. The molecule has 2 aliphatic heterocycles.